The number of fused-ring (bicyclic) bond motifs is 12. The Morgan fingerprint density at radius 1 is 0.315 bits per heavy atom. The van der Waals surface area contributed by atoms with Gasteiger partial charge >= 0.3 is 0 Å². The van der Waals surface area contributed by atoms with E-state index in [0.717, 1.165) is 11.2 Å². The third-order valence-corrected chi connectivity index (χ3v) is 12.6. The van der Waals surface area contributed by atoms with Gasteiger partial charge in [-0.1, -0.05) is 140 Å². The molecule has 0 spiro atoms. The van der Waals surface area contributed by atoms with E-state index in [2.05, 4.69) is 182 Å². The molecule has 2 aromatic heterocycles. The van der Waals surface area contributed by atoms with E-state index in [4.69, 9.17) is 4.42 Å². The van der Waals surface area contributed by atoms with Crippen LogP contribution < -0.4 is 0 Å². The van der Waals surface area contributed by atoms with Crippen molar-refractivity contribution in [1.82, 2.24) is 0 Å². The molecule has 0 aliphatic carbocycles. The van der Waals surface area contributed by atoms with Gasteiger partial charge in [0.25, 0.3) is 0 Å². The minimum atomic E-state index is 0.941. The standard InChI is InChI=1S/C52H30OS/c1-2-12-33-28-37(21-20-31(33)10-1)49-41-18-7-5-16-39(41)48(40-17-6-8-19-42(40)49)36-14-9-13-34(29-36)35-23-27-47-44(30-35)43-24-26-46-51(52(43)54-47)50-38-15-4-3-11-32(38)22-25-45(50)53-46/h1-30H. The summed E-state index contributed by atoms with van der Waals surface area (Å²) in [6, 6.07) is 66.8. The molecule has 2 heterocycles. The highest BCUT2D eigenvalue weighted by molar-refractivity contribution is 7.26. The van der Waals surface area contributed by atoms with Crippen molar-refractivity contribution in [2.75, 3.05) is 0 Å². The maximum absolute atomic E-state index is 6.43. The predicted octanol–water partition coefficient (Wildman–Crippen LogP) is 15.6. The quantitative estimate of drug-likeness (QED) is 0.167. The van der Waals surface area contributed by atoms with Crippen LogP contribution in [-0.2, 0) is 0 Å². The lowest BCUT2D eigenvalue weighted by molar-refractivity contribution is 0.669. The molecule has 0 atom stereocenters. The highest BCUT2D eigenvalue weighted by Crippen LogP contribution is 2.47. The number of benzene rings is 10. The Morgan fingerprint density at radius 2 is 0.870 bits per heavy atom. The fraction of sp³-hybridized carbons (Fsp3) is 0. The third kappa shape index (κ3) is 4.32. The van der Waals surface area contributed by atoms with Crippen molar-refractivity contribution in [3.63, 3.8) is 0 Å². The first kappa shape index (κ1) is 29.8. The summed E-state index contributed by atoms with van der Waals surface area (Å²) in [5, 5.41) is 15.0. The van der Waals surface area contributed by atoms with Crippen molar-refractivity contribution in [1.29, 1.82) is 0 Å². The van der Waals surface area contributed by atoms with Gasteiger partial charge in [-0.25, -0.2) is 0 Å². The van der Waals surface area contributed by atoms with Gasteiger partial charge in [0.2, 0.25) is 0 Å². The average Bonchev–Trinajstić information content (AvgIpc) is 3.81. The fourth-order valence-electron chi connectivity index (χ4n) is 8.99. The molecule has 0 fully saturated rings. The van der Waals surface area contributed by atoms with Crippen molar-refractivity contribution in [2.24, 2.45) is 0 Å². The Morgan fingerprint density at radius 3 is 1.63 bits per heavy atom. The van der Waals surface area contributed by atoms with Crippen LogP contribution in [-0.4, -0.2) is 0 Å². The first-order valence-corrected chi connectivity index (χ1v) is 19.3. The summed E-state index contributed by atoms with van der Waals surface area (Å²) in [6.07, 6.45) is 0. The van der Waals surface area contributed by atoms with Crippen LogP contribution in [0.4, 0.5) is 0 Å². The molecule has 0 saturated carbocycles. The van der Waals surface area contributed by atoms with Crippen LogP contribution in [0.2, 0.25) is 0 Å². The van der Waals surface area contributed by atoms with E-state index >= 15 is 0 Å². The highest BCUT2D eigenvalue weighted by atomic mass is 32.1. The Hall–Kier alpha value is -6.74. The van der Waals surface area contributed by atoms with Gasteiger partial charge in [0.15, 0.2) is 0 Å². The van der Waals surface area contributed by atoms with Crippen molar-refractivity contribution in [3.05, 3.63) is 182 Å². The van der Waals surface area contributed by atoms with E-state index in [9.17, 15) is 0 Å². The minimum Gasteiger partial charge on any atom is -0.456 e. The lowest BCUT2D eigenvalue weighted by Gasteiger charge is -2.18. The molecular weight excluding hydrogens is 673 g/mol. The molecule has 0 radical (unpaired) electrons. The van der Waals surface area contributed by atoms with Crippen LogP contribution in [0.25, 0.3) is 119 Å². The minimum absolute atomic E-state index is 0.941. The second-order valence-corrected chi connectivity index (χ2v) is 15.4. The van der Waals surface area contributed by atoms with E-state index in [1.165, 1.54) is 107 Å². The summed E-state index contributed by atoms with van der Waals surface area (Å²) in [5.41, 5.74) is 9.33. The first-order chi connectivity index (χ1) is 26.8. The molecule has 0 unspecified atom stereocenters. The molecule has 0 aliphatic heterocycles. The molecule has 0 bridgehead atoms. The number of hydrogen-bond acceptors (Lipinski definition) is 2. The van der Waals surface area contributed by atoms with Crippen LogP contribution >= 0.6 is 11.3 Å². The Bertz CT molecular complexity index is 3450. The van der Waals surface area contributed by atoms with Crippen molar-refractivity contribution >= 4 is 96.5 Å². The molecule has 54 heavy (non-hydrogen) atoms. The van der Waals surface area contributed by atoms with Crippen molar-refractivity contribution in [2.45, 2.75) is 0 Å². The van der Waals surface area contributed by atoms with E-state index < -0.39 is 0 Å². The molecule has 0 amide bonds. The Kier molecular flexibility index (Phi) is 6.28. The zero-order valence-corrected chi connectivity index (χ0v) is 30.0. The van der Waals surface area contributed by atoms with E-state index in [-0.39, 0.29) is 0 Å². The predicted molar refractivity (Wildman–Crippen MR) is 233 cm³/mol. The van der Waals surface area contributed by atoms with Crippen LogP contribution in [0.1, 0.15) is 0 Å². The zero-order valence-electron chi connectivity index (χ0n) is 29.1. The van der Waals surface area contributed by atoms with Gasteiger partial charge in [-0.05, 0) is 119 Å². The maximum atomic E-state index is 6.43. The van der Waals surface area contributed by atoms with Gasteiger partial charge in [0, 0.05) is 30.9 Å². The summed E-state index contributed by atoms with van der Waals surface area (Å²) in [5.74, 6) is 0. The molecule has 1 nitrogen and oxygen atoms in total. The number of thiophene rings is 1. The van der Waals surface area contributed by atoms with Crippen molar-refractivity contribution < 1.29 is 4.42 Å². The van der Waals surface area contributed by atoms with Gasteiger partial charge in [0.1, 0.15) is 11.2 Å². The fourth-order valence-corrected chi connectivity index (χ4v) is 10.2. The molecule has 0 N–H and O–H groups in total. The normalized spacial score (nSPS) is 12.1. The summed E-state index contributed by atoms with van der Waals surface area (Å²) in [7, 11) is 0. The lowest BCUT2D eigenvalue weighted by atomic mass is 9.85. The molecule has 0 saturated heterocycles. The van der Waals surface area contributed by atoms with Crippen LogP contribution in [0.15, 0.2) is 186 Å². The molecule has 12 aromatic rings. The number of rotatable bonds is 3. The summed E-state index contributed by atoms with van der Waals surface area (Å²) in [6.45, 7) is 0. The third-order valence-electron chi connectivity index (χ3n) is 11.4. The largest absolute Gasteiger partial charge is 0.456 e. The molecule has 250 valence electrons. The Balaban J connectivity index is 1.05. The van der Waals surface area contributed by atoms with E-state index in [1.54, 1.807) is 0 Å². The van der Waals surface area contributed by atoms with Gasteiger partial charge < -0.3 is 4.42 Å². The topological polar surface area (TPSA) is 13.1 Å². The van der Waals surface area contributed by atoms with Gasteiger partial charge in [-0.15, -0.1) is 11.3 Å². The van der Waals surface area contributed by atoms with Gasteiger partial charge in [-0.3, -0.25) is 0 Å². The summed E-state index contributed by atoms with van der Waals surface area (Å²) < 4.78 is 9.00. The van der Waals surface area contributed by atoms with Crippen molar-refractivity contribution in [3.8, 4) is 33.4 Å². The number of hydrogen-bond donors (Lipinski definition) is 0. The maximum Gasteiger partial charge on any atom is 0.136 e. The smallest absolute Gasteiger partial charge is 0.136 e. The van der Waals surface area contributed by atoms with Crippen LogP contribution in [0, 0.1) is 0 Å². The number of furan rings is 1. The summed E-state index contributed by atoms with van der Waals surface area (Å²) in [4.78, 5) is 0. The van der Waals surface area contributed by atoms with E-state index in [0.29, 0.717) is 0 Å². The van der Waals surface area contributed by atoms with E-state index in [1.807, 2.05) is 11.3 Å². The first-order valence-electron chi connectivity index (χ1n) is 18.5. The summed E-state index contributed by atoms with van der Waals surface area (Å²) >= 11 is 1.87. The second kappa shape index (κ2) is 11.4. The SMILES string of the molecule is c1cc(-c2ccc3sc4c(ccc5oc6ccc7ccccc7c6c54)c3c2)cc(-c2c3ccccc3c(-c3ccc4ccccc4c3)c3ccccc23)c1. The molecular formula is C52H30OS. The van der Waals surface area contributed by atoms with Gasteiger partial charge in [-0.2, -0.15) is 0 Å². The lowest BCUT2D eigenvalue weighted by Crippen LogP contribution is -1.91. The highest BCUT2D eigenvalue weighted by Gasteiger charge is 2.19. The zero-order chi connectivity index (χ0) is 35.3. The average molecular weight is 703 g/mol. The van der Waals surface area contributed by atoms with Gasteiger partial charge in [0.05, 0.1) is 0 Å². The van der Waals surface area contributed by atoms with Crippen LogP contribution in [0.5, 0.6) is 0 Å². The Labute approximate surface area is 314 Å². The molecule has 2 heteroatoms. The molecule has 0 aliphatic rings. The van der Waals surface area contributed by atoms with Crippen LogP contribution in [0.3, 0.4) is 0 Å². The molecule has 10 aromatic carbocycles. The second-order valence-electron chi connectivity index (χ2n) is 14.4. The molecule has 12 rings (SSSR count). The monoisotopic (exact) mass is 702 g/mol.